The lowest BCUT2D eigenvalue weighted by Gasteiger charge is -2.19. The van der Waals surface area contributed by atoms with Crippen molar-refractivity contribution in [2.24, 2.45) is 0 Å². The third-order valence-corrected chi connectivity index (χ3v) is 6.21. The number of hydrogen-bond donors (Lipinski definition) is 1. The van der Waals surface area contributed by atoms with Crippen LogP contribution in [0.4, 0.5) is 10.1 Å². The number of anilines is 1. The van der Waals surface area contributed by atoms with Crippen LogP contribution < -0.4 is 14.4 Å². The number of imidazole rings is 1. The molecule has 3 aromatic carbocycles. The van der Waals surface area contributed by atoms with Gasteiger partial charge in [0, 0.05) is 24.6 Å². The zero-order chi connectivity index (χ0) is 24.4. The van der Waals surface area contributed by atoms with Crippen molar-refractivity contribution in [3.05, 3.63) is 84.4 Å². The number of aliphatic hydroxyl groups excluding tert-OH is 1. The lowest BCUT2D eigenvalue weighted by Crippen LogP contribution is -2.26. The first kappa shape index (κ1) is 22.9. The second-order valence-electron chi connectivity index (χ2n) is 8.59. The third-order valence-electron chi connectivity index (χ3n) is 6.21. The molecule has 180 valence electrons. The Hall–Kier alpha value is -3.91. The molecule has 0 radical (unpaired) electrons. The molecule has 0 spiro atoms. The van der Waals surface area contributed by atoms with Crippen LogP contribution in [0.25, 0.3) is 11.0 Å². The minimum absolute atomic E-state index is 0.0383. The topological polar surface area (TPSA) is 76.8 Å². The van der Waals surface area contributed by atoms with E-state index in [-0.39, 0.29) is 30.8 Å². The molecule has 1 aromatic heterocycles. The van der Waals surface area contributed by atoms with Crippen LogP contribution in [0, 0.1) is 5.82 Å². The van der Waals surface area contributed by atoms with E-state index >= 15 is 0 Å². The Kier molecular flexibility index (Phi) is 6.37. The zero-order valence-corrected chi connectivity index (χ0v) is 19.3. The number of benzene rings is 3. The van der Waals surface area contributed by atoms with Crippen molar-refractivity contribution in [2.45, 2.75) is 25.0 Å². The Morgan fingerprint density at radius 1 is 1.06 bits per heavy atom. The number of fused-ring (bicyclic) bond motifs is 1. The fourth-order valence-corrected chi connectivity index (χ4v) is 4.48. The van der Waals surface area contributed by atoms with E-state index in [1.54, 1.807) is 48.4 Å². The molecule has 35 heavy (non-hydrogen) atoms. The van der Waals surface area contributed by atoms with Gasteiger partial charge in [0.05, 0.1) is 24.7 Å². The number of halogens is 1. The van der Waals surface area contributed by atoms with Crippen LogP contribution in [0.15, 0.2) is 72.8 Å². The van der Waals surface area contributed by atoms with Crippen LogP contribution in [-0.2, 0) is 11.3 Å². The first-order valence-electron chi connectivity index (χ1n) is 11.5. The van der Waals surface area contributed by atoms with Crippen LogP contribution in [0.3, 0.4) is 0 Å². The van der Waals surface area contributed by atoms with Gasteiger partial charge in [-0.2, -0.15) is 0 Å². The maximum absolute atomic E-state index is 13.4. The van der Waals surface area contributed by atoms with Crippen molar-refractivity contribution in [2.75, 3.05) is 25.2 Å². The summed E-state index contributed by atoms with van der Waals surface area (Å²) in [6.45, 7) is 0.809. The number of hydrogen-bond acceptors (Lipinski definition) is 5. The zero-order valence-electron chi connectivity index (χ0n) is 19.3. The van der Waals surface area contributed by atoms with Gasteiger partial charge in [-0.3, -0.25) is 4.79 Å². The summed E-state index contributed by atoms with van der Waals surface area (Å²) >= 11 is 0. The number of aromatic nitrogens is 2. The lowest BCUT2D eigenvalue weighted by molar-refractivity contribution is -0.117. The van der Waals surface area contributed by atoms with Gasteiger partial charge in [0.25, 0.3) is 0 Å². The van der Waals surface area contributed by atoms with E-state index in [1.807, 2.05) is 28.8 Å². The minimum Gasteiger partial charge on any atom is -0.497 e. The summed E-state index contributed by atoms with van der Waals surface area (Å²) in [5.41, 5.74) is 2.35. The van der Waals surface area contributed by atoms with E-state index in [2.05, 4.69) is 0 Å². The van der Waals surface area contributed by atoms with Crippen LogP contribution in [0.1, 0.15) is 18.2 Å². The van der Waals surface area contributed by atoms with Gasteiger partial charge >= 0.3 is 0 Å². The van der Waals surface area contributed by atoms with E-state index in [9.17, 15) is 14.3 Å². The van der Waals surface area contributed by atoms with Gasteiger partial charge in [0.1, 0.15) is 35.9 Å². The molecule has 4 aromatic rings. The Bertz CT molecular complexity index is 1320. The highest BCUT2D eigenvalue weighted by molar-refractivity contribution is 5.96. The summed E-state index contributed by atoms with van der Waals surface area (Å²) in [5.74, 6) is 1.57. The Balaban J connectivity index is 1.35. The maximum Gasteiger partial charge on any atom is 0.227 e. The Morgan fingerprint density at radius 3 is 2.51 bits per heavy atom. The molecular weight excluding hydrogens is 449 g/mol. The maximum atomic E-state index is 13.4. The molecular formula is C27H26FN3O4. The molecule has 1 aliphatic rings. The Labute approximate surface area is 202 Å². The Morgan fingerprint density at radius 2 is 1.77 bits per heavy atom. The van der Waals surface area contributed by atoms with E-state index in [1.165, 1.54) is 12.1 Å². The average Bonchev–Trinajstić information content (AvgIpc) is 3.44. The summed E-state index contributed by atoms with van der Waals surface area (Å²) in [6, 6.07) is 20.8. The number of ether oxygens (including phenoxy) is 2. The van der Waals surface area contributed by atoms with Crippen molar-refractivity contribution in [1.82, 2.24) is 9.55 Å². The number of nitrogens with zero attached hydrogens (tertiary/aromatic N) is 3. The minimum atomic E-state index is -0.793. The summed E-state index contributed by atoms with van der Waals surface area (Å²) in [5, 5.41) is 10.8. The first-order chi connectivity index (χ1) is 17.0. The highest BCUT2D eigenvalue weighted by atomic mass is 19.1. The molecule has 1 fully saturated rings. The first-order valence-corrected chi connectivity index (χ1v) is 11.5. The summed E-state index contributed by atoms with van der Waals surface area (Å²) in [4.78, 5) is 19.3. The largest absolute Gasteiger partial charge is 0.497 e. The number of carbonyl (C=O) groups excluding carboxylic acids is 1. The molecule has 2 atom stereocenters. The molecule has 8 heteroatoms. The predicted molar refractivity (Wildman–Crippen MR) is 130 cm³/mol. The van der Waals surface area contributed by atoms with Gasteiger partial charge in [0.2, 0.25) is 5.91 Å². The average molecular weight is 476 g/mol. The summed E-state index contributed by atoms with van der Waals surface area (Å²) in [6.07, 6.45) is -0.502. The van der Waals surface area contributed by atoms with Crippen molar-refractivity contribution in [3.8, 4) is 11.5 Å². The lowest BCUT2D eigenvalue weighted by atomic mass is 10.1. The van der Waals surface area contributed by atoms with Gasteiger partial charge in [-0.25, -0.2) is 9.37 Å². The van der Waals surface area contributed by atoms with Gasteiger partial charge in [-0.15, -0.1) is 0 Å². The smallest absolute Gasteiger partial charge is 0.227 e. The number of amides is 1. The summed E-state index contributed by atoms with van der Waals surface area (Å²) in [7, 11) is 1.60. The van der Waals surface area contributed by atoms with Crippen molar-refractivity contribution in [1.29, 1.82) is 0 Å². The fraction of sp³-hybridized carbons (Fsp3) is 0.259. The third kappa shape index (κ3) is 4.83. The molecule has 5 rings (SSSR count). The van der Waals surface area contributed by atoms with E-state index in [0.717, 1.165) is 22.6 Å². The van der Waals surface area contributed by atoms with Crippen molar-refractivity contribution >= 4 is 22.6 Å². The van der Waals surface area contributed by atoms with E-state index in [0.29, 0.717) is 24.4 Å². The van der Waals surface area contributed by atoms with Crippen LogP contribution >= 0.6 is 0 Å². The van der Waals surface area contributed by atoms with Gasteiger partial charge < -0.3 is 24.0 Å². The molecule has 1 N–H and O–H groups in total. The molecule has 0 aliphatic carbocycles. The highest BCUT2D eigenvalue weighted by Crippen LogP contribution is 2.33. The second-order valence-corrected chi connectivity index (χ2v) is 8.59. The molecule has 0 unspecified atom stereocenters. The van der Waals surface area contributed by atoms with Gasteiger partial charge in [-0.1, -0.05) is 12.1 Å². The standard InChI is InChI=1S/C27H26FN3O4/c1-34-22-10-12-23(13-11-22)35-17-21(32)16-31-25-5-3-2-4-24(25)29-27(31)18-14-26(33)30(15-18)20-8-6-19(28)7-9-20/h2-13,18,21,32H,14-17H2,1H3/t18-,21+/m1/s1. The summed E-state index contributed by atoms with van der Waals surface area (Å²) < 4.78 is 26.2. The van der Waals surface area contributed by atoms with Crippen LogP contribution in [-0.4, -0.2) is 46.9 Å². The van der Waals surface area contributed by atoms with Gasteiger partial charge in [0.15, 0.2) is 0 Å². The quantitative estimate of drug-likeness (QED) is 0.415. The number of aliphatic hydroxyl groups is 1. The fourth-order valence-electron chi connectivity index (χ4n) is 4.48. The molecule has 2 heterocycles. The molecule has 0 bridgehead atoms. The SMILES string of the molecule is COc1ccc(OC[C@@H](O)Cn2c([C@@H]3CC(=O)N(c4ccc(F)cc4)C3)nc3ccccc32)cc1. The highest BCUT2D eigenvalue weighted by Gasteiger charge is 2.35. The monoisotopic (exact) mass is 475 g/mol. The number of methoxy groups -OCH3 is 1. The van der Waals surface area contributed by atoms with Crippen molar-refractivity contribution < 1.29 is 23.8 Å². The number of rotatable bonds is 8. The molecule has 7 nitrogen and oxygen atoms in total. The van der Waals surface area contributed by atoms with Crippen molar-refractivity contribution in [3.63, 3.8) is 0 Å². The molecule has 0 saturated carbocycles. The number of para-hydroxylation sites is 2. The van der Waals surface area contributed by atoms with Gasteiger partial charge in [-0.05, 0) is 60.7 Å². The number of carbonyl (C=O) groups is 1. The predicted octanol–water partition coefficient (Wildman–Crippen LogP) is 4.14. The van der Waals surface area contributed by atoms with E-state index < -0.39 is 6.10 Å². The molecule has 1 saturated heterocycles. The normalized spacial score (nSPS) is 16.6. The molecule has 1 aliphatic heterocycles. The second kappa shape index (κ2) is 9.76. The molecule has 1 amide bonds. The van der Waals surface area contributed by atoms with Crippen LogP contribution in [0.2, 0.25) is 0 Å². The van der Waals surface area contributed by atoms with E-state index in [4.69, 9.17) is 14.5 Å². The van der Waals surface area contributed by atoms with Crippen LogP contribution in [0.5, 0.6) is 11.5 Å².